The molecule has 4 saturated carbocycles. The molecule has 0 amide bonds. The van der Waals surface area contributed by atoms with Gasteiger partial charge in [-0.1, -0.05) is 6.92 Å². The molecule has 0 saturated heterocycles. The van der Waals surface area contributed by atoms with Crippen LogP contribution in [0.4, 0.5) is 0 Å². The lowest BCUT2D eigenvalue weighted by molar-refractivity contribution is -0.198. The van der Waals surface area contributed by atoms with E-state index in [1.165, 1.54) is 19.3 Å². The number of carbonyl (C=O) groups excluding carboxylic acids is 1. The molecule has 4 rings (SSSR count). The summed E-state index contributed by atoms with van der Waals surface area (Å²) in [5, 5.41) is 9.47. The molecule has 0 aromatic heterocycles. The first-order valence-corrected chi connectivity index (χ1v) is 7.83. The fourth-order valence-electron chi connectivity index (χ4n) is 4.80. The molecule has 4 bridgehead atoms. The van der Waals surface area contributed by atoms with Gasteiger partial charge < -0.3 is 9.84 Å². The van der Waals surface area contributed by atoms with Crippen LogP contribution in [0.25, 0.3) is 0 Å². The lowest BCUT2D eigenvalue weighted by Gasteiger charge is -2.56. The Labute approximate surface area is 115 Å². The summed E-state index contributed by atoms with van der Waals surface area (Å²) in [5.41, 5.74) is -0.902. The average Bonchev–Trinajstić information content (AvgIpc) is 2.35. The van der Waals surface area contributed by atoms with Gasteiger partial charge in [0.2, 0.25) is 0 Å². The molecule has 0 aromatic carbocycles. The van der Waals surface area contributed by atoms with E-state index in [0.29, 0.717) is 6.42 Å². The van der Waals surface area contributed by atoms with Crippen LogP contribution in [0.2, 0.25) is 0 Å². The van der Waals surface area contributed by atoms with Gasteiger partial charge in [-0.2, -0.15) is 0 Å². The minimum absolute atomic E-state index is 0.116. The monoisotopic (exact) mass is 266 g/mol. The molecule has 4 fully saturated rings. The predicted octanol–water partition coefficient (Wildman–Crippen LogP) is 2.91. The molecule has 3 heteroatoms. The topological polar surface area (TPSA) is 46.5 Å². The number of esters is 1. The van der Waals surface area contributed by atoms with Gasteiger partial charge in [-0.25, -0.2) is 0 Å². The van der Waals surface area contributed by atoms with Crippen molar-refractivity contribution in [2.75, 3.05) is 6.61 Å². The van der Waals surface area contributed by atoms with E-state index in [2.05, 4.69) is 0 Å². The molecule has 4 aliphatic rings. The number of aliphatic hydroxyl groups excluding tert-OH is 1. The molecule has 19 heavy (non-hydrogen) atoms. The van der Waals surface area contributed by atoms with Crippen molar-refractivity contribution in [3.05, 3.63) is 0 Å². The first-order chi connectivity index (χ1) is 8.98. The molecule has 1 atom stereocenters. The number of carbonyl (C=O) groups is 1. The van der Waals surface area contributed by atoms with Gasteiger partial charge in [0.15, 0.2) is 0 Å². The molecule has 0 spiro atoms. The van der Waals surface area contributed by atoms with E-state index in [-0.39, 0.29) is 18.2 Å². The summed E-state index contributed by atoms with van der Waals surface area (Å²) in [6.45, 7) is 3.64. The number of rotatable bonds is 4. The zero-order chi connectivity index (χ0) is 13.7. The minimum atomic E-state index is -0.719. The Kier molecular flexibility index (Phi) is 3.16. The van der Waals surface area contributed by atoms with Gasteiger partial charge in [-0.05, 0) is 69.6 Å². The van der Waals surface area contributed by atoms with Gasteiger partial charge >= 0.3 is 5.97 Å². The first kappa shape index (κ1) is 13.4. The second-order valence-electron chi connectivity index (χ2n) is 7.56. The van der Waals surface area contributed by atoms with Gasteiger partial charge in [0.05, 0.1) is 12.0 Å². The molecular weight excluding hydrogens is 240 g/mol. The summed E-state index contributed by atoms with van der Waals surface area (Å²) in [6, 6.07) is 0. The van der Waals surface area contributed by atoms with Crippen LogP contribution in [0.3, 0.4) is 0 Å². The first-order valence-electron chi connectivity index (χ1n) is 7.83. The largest absolute Gasteiger partial charge is 0.459 e. The molecule has 0 radical (unpaired) electrons. The maximum Gasteiger partial charge on any atom is 0.314 e. The van der Waals surface area contributed by atoms with Gasteiger partial charge in [0, 0.05) is 0 Å². The van der Waals surface area contributed by atoms with Crippen molar-refractivity contribution in [2.45, 2.75) is 64.4 Å². The second-order valence-corrected chi connectivity index (χ2v) is 7.56. The highest BCUT2D eigenvalue weighted by atomic mass is 16.6. The summed E-state index contributed by atoms with van der Waals surface area (Å²) in [5.74, 6) is 2.16. The van der Waals surface area contributed by atoms with Crippen LogP contribution in [0.5, 0.6) is 0 Å². The third-order valence-electron chi connectivity index (χ3n) is 5.91. The summed E-state index contributed by atoms with van der Waals surface area (Å²) in [4.78, 5) is 12.4. The quantitative estimate of drug-likeness (QED) is 0.796. The molecule has 108 valence electrons. The van der Waals surface area contributed by atoms with E-state index < -0.39 is 5.41 Å². The average molecular weight is 266 g/mol. The fraction of sp³-hybridized carbons (Fsp3) is 0.938. The van der Waals surface area contributed by atoms with Crippen LogP contribution in [-0.2, 0) is 9.53 Å². The van der Waals surface area contributed by atoms with E-state index in [1.807, 2.05) is 13.8 Å². The SMILES string of the molecule is CCC(C)(CO)C(=O)OC12CC3CC(CC(C3)C1)C2. The molecule has 1 unspecified atom stereocenters. The third-order valence-corrected chi connectivity index (χ3v) is 5.91. The van der Waals surface area contributed by atoms with Crippen LogP contribution < -0.4 is 0 Å². The zero-order valence-corrected chi connectivity index (χ0v) is 12.2. The highest BCUT2D eigenvalue weighted by Gasteiger charge is 2.54. The van der Waals surface area contributed by atoms with E-state index in [9.17, 15) is 9.90 Å². The number of hydrogen-bond donors (Lipinski definition) is 1. The fourth-order valence-corrected chi connectivity index (χ4v) is 4.80. The van der Waals surface area contributed by atoms with Crippen LogP contribution in [0, 0.1) is 23.2 Å². The van der Waals surface area contributed by atoms with E-state index >= 15 is 0 Å². The number of ether oxygens (including phenoxy) is 1. The second kappa shape index (κ2) is 4.47. The van der Waals surface area contributed by atoms with Crippen molar-refractivity contribution in [2.24, 2.45) is 23.2 Å². The minimum Gasteiger partial charge on any atom is -0.459 e. The maximum absolute atomic E-state index is 12.4. The lowest BCUT2D eigenvalue weighted by atomic mass is 9.54. The molecule has 0 aliphatic heterocycles. The zero-order valence-electron chi connectivity index (χ0n) is 12.2. The maximum atomic E-state index is 12.4. The van der Waals surface area contributed by atoms with Crippen molar-refractivity contribution in [3.8, 4) is 0 Å². The predicted molar refractivity (Wildman–Crippen MR) is 72.5 cm³/mol. The van der Waals surface area contributed by atoms with Gasteiger partial charge in [0.25, 0.3) is 0 Å². The van der Waals surface area contributed by atoms with Crippen molar-refractivity contribution < 1.29 is 14.6 Å². The Morgan fingerprint density at radius 3 is 2.05 bits per heavy atom. The van der Waals surface area contributed by atoms with E-state index in [0.717, 1.165) is 37.0 Å². The molecular formula is C16H26O3. The number of hydrogen-bond acceptors (Lipinski definition) is 3. The molecule has 1 N–H and O–H groups in total. The van der Waals surface area contributed by atoms with Crippen LogP contribution >= 0.6 is 0 Å². The van der Waals surface area contributed by atoms with E-state index in [4.69, 9.17) is 4.74 Å². The Morgan fingerprint density at radius 2 is 1.68 bits per heavy atom. The third kappa shape index (κ3) is 2.20. The standard InChI is InChI=1S/C16H26O3/c1-3-15(2,10-17)14(18)19-16-7-11-4-12(8-16)6-13(5-11)9-16/h11-13,17H,3-10H2,1-2H3. The smallest absolute Gasteiger partial charge is 0.314 e. The highest BCUT2D eigenvalue weighted by molar-refractivity contribution is 5.77. The summed E-state index contributed by atoms with van der Waals surface area (Å²) in [6.07, 6.45) is 7.88. The van der Waals surface area contributed by atoms with Crippen LogP contribution in [0.1, 0.15) is 58.8 Å². The summed E-state index contributed by atoms with van der Waals surface area (Å²) in [7, 11) is 0. The number of aliphatic hydroxyl groups is 1. The highest BCUT2D eigenvalue weighted by Crippen LogP contribution is 2.57. The van der Waals surface area contributed by atoms with Crippen molar-refractivity contribution in [3.63, 3.8) is 0 Å². The lowest BCUT2D eigenvalue weighted by Crippen LogP contribution is -2.54. The Hall–Kier alpha value is -0.570. The van der Waals surface area contributed by atoms with Crippen molar-refractivity contribution in [1.29, 1.82) is 0 Å². The van der Waals surface area contributed by atoms with Crippen molar-refractivity contribution in [1.82, 2.24) is 0 Å². The van der Waals surface area contributed by atoms with Crippen LogP contribution in [-0.4, -0.2) is 23.3 Å². The molecule has 0 aromatic rings. The van der Waals surface area contributed by atoms with Crippen molar-refractivity contribution >= 4 is 5.97 Å². The van der Waals surface area contributed by atoms with E-state index in [1.54, 1.807) is 0 Å². The Bertz CT molecular complexity index is 335. The summed E-state index contributed by atoms with van der Waals surface area (Å²) < 4.78 is 6.00. The normalized spacial score (nSPS) is 43.0. The molecule has 3 nitrogen and oxygen atoms in total. The molecule has 4 aliphatic carbocycles. The van der Waals surface area contributed by atoms with Gasteiger partial charge in [-0.15, -0.1) is 0 Å². The van der Waals surface area contributed by atoms with Gasteiger partial charge in [-0.3, -0.25) is 4.79 Å². The van der Waals surface area contributed by atoms with Gasteiger partial charge in [0.1, 0.15) is 5.60 Å². The van der Waals surface area contributed by atoms with Crippen LogP contribution in [0.15, 0.2) is 0 Å². The Balaban J connectivity index is 1.74. The Morgan fingerprint density at radius 1 is 1.21 bits per heavy atom. The molecule has 0 heterocycles. The summed E-state index contributed by atoms with van der Waals surface area (Å²) >= 11 is 0.